The average molecular weight is 171 g/mol. The summed E-state index contributed by atoms with van der Waals surface area (Å²) in [6.45, 7) is 4.12. The van der Waals surface area contributed by atoms with Crippen LogP contribution in [0.25, 0.3) is 0 Å². The summed E-state index contributed by atoms with van der Waals surface area (Å²) in [6, 6.07) is -0.347. The van der Waals surface area contributed by atoms with Gasteiger partial charge in [-0.05, 0) is 0 Å². The van der Waals surface area contributed by atoms with Crippen LogP contribution in [-0.4, -0.2) is 36.4 Å². The molecule has 1 saturated heterocycles. The molecule has 0 aromatic rings. The van der Waals surface area contributed by atoms with Gasteiger partial charge < -0.3 is 15.2 Å². The van der Waals surface area contributed by atoms with Crippen molar-refractivity contribution in [2.24, 2.45) is 0 Å². The van der Waals surface area contributed by atoms with E-state index in [2.05, 4.69) is 11.9 Å². The second-order valence-electron chi connectivity index (χ2n) is 2.77. The Labute approximate surface area is 71.2 Å². The van der Waals surface area contributed by atoms with Gasteiger partial charge in [-0.15, -0.1) is 0 Å². The number of aliphatic hydroxyl groups is 1. The first kappa shape index (κ1) is 9.22. The Balaban J connectivity index is 2.28. The molecule has 4 heteroatoms. The summed E-state index contributed by atoms with van der Waals surface area (Å²) in [5.74, 6) is -0.313. The zero-order chi connectivity index (χ0) is 8.97. The lowest BCUT2D eigenvalue weighted by Gasteiger charge is -2.07. The van der Waals surface area contributed by atoms with Gasteiger partial charge >= 0.3 is 5.97 Å². The lowest BCUT2D eigenvalue weighted by atomic mass is 10.2. The van der Waals surface area contributed by atoms with Gasteiger partial charge in [0.05, 0.1) is 6.10 Å². The fourth-order valence-corrected chi connectivity index (χ4v) is 1.14. The number of hydrogen-bond acceptors (Lipinski definition) is 4. The first-order valence-corrected chi connectivity index (χ1v) is 3.93. The number of carbonyl (C=O) groups is 1. The van der Waals surface area contributed by atoms with Crippen LogP contribution >= 0.6 is 0 Å². The molecule has 12 heavy (non-hydrogen) atoms. The highest BCUT2D eigenvalue weighted by molar-refractivity contribution is 5.76. The van der Waals surface area contributed by atoms with Crippen molar-refractivity contribution in [3.63, 3.8) is 0 Å². The molecule has 2 atom stereocenters. The van der Waals surface area contributed by atoms with Gasteiger partial charge in [0.15, 0.2) is 0 Å². The van der Waals surface area contributed by atoms with Crippen molar-refractivity contribution < 1.29 is 14.6 Å². The highest BCUT2D eigenvalue weighted by Gasteiger charge is 2.28. The maximum absolute atomic E-state index is 11.1. The number of ether oxygens (including phenoxy) is 1. The predicted molar refractivity (Wildman–Crippen MR) is 43.6 cm³/mol. The molecular weight excluding hydrogens is 158 g/mol. The SMILES string of the molecule is C=CCOC(=O)[C@@H]1C[C@@H](O)CN1. The standard InChI is InChI=1S/C8H13NO3/c1-2-3-12-8(11)7-4-6(10)5-9-7/h2,6-7,9-10H,1,3-5H2/t6-,7+/m1/s1. The van der Waals surface area contributed by atoms with Crippen molar-refractivity contribution in [1.29, 1.82) is 0 Å². The Morgan fingerprint density at radius 3 is 3.08 bits per heavy atom. The van der Waals surface area contributed by atoms with E-state index in [4.69, 9.17) is 9.84 Å². The van der Waals surface area contributed by atoms with Gasteiger partial charge in [-0.3, -0.25) is 4.79 Å². The number of esters is 1. The van der Waals surface area contributed by atoms with Gasteiger partial charge in [-0.1, -0.05) is 12.7 Å². The van der Waals surface area contributed by atoms with E-state index in [0.717, 1.165) is 0 Å². The van der Waals surface area contributed by atoms with Crippen molar-refractivity contribution in [2.45, 2.75) is 18.6 Å². The molecule has 0 saturated carbocycles. The van der Waals surface area contributed by atoms with Crippen molar-refractivity contribution in [3.05, 3.63) is 12.7 Å². The Morgan fingerprint density at radius 2 is 2.58 bits per heavy atom. The van der Waals surface area contributed by atoms with E-state index >= 15 is 0 Å². The Hall–Kier alpha value is -0.870. The minimum atomic E-state index is -0.425. The topological polar surface area (TPSA) is 58.6 Å². The van der Waals surface area contributed by atoms with Crippen LogP contribution in [0.3, 0.4) is 0 Å². The van der Waals surface area contributed by atoms with Crippen LogP contribution in [0.4, 0.5) is 0 Å². The van der Waals surface area contributed by atoms with E-state index in [1.54, 1.807) is 0 Å². The molecule has 1 rings (SSSR count). The number of hydrogen-bond donors (Lipinski definition) is 2. The van der Waals surface area contributed by atoms with E-state index in [9.17, 15) is 4.79 Å². The van der Waals surface area contributed by atoms with Crippen LogP contribution in [-0.2, 0) is 9.53 Å². The highest BCUT2D eigenvalue weighted by atomic mass is 16.5. The minimum Gasteiger partial charge on any atom is -0.460 e. The fourth-order valence-electron chi connectivity index (χ4n) is 1.14. The van der Waals surface area contributed by atoms with Gasteiger partial charge in [0.2, 0.25) is 0 Å². The molecular formula is C8H13NO3. The summed E-state index contributed by atoms with van der Waals surface area (Å²) in [5, 5.41) is 11.9. The largest absolute Gasteiger partial charge is 0.460 e. The van der Waals surface area contributed by atoms with Crippen LogP contribution in [0.5, 0.6) is 0 Å². The summed E-state index contributed by atoms with van der Waals surface area (Å²) in [6.07, 6.45) is 1.53. The molecule has 0 radical (unpaired) electrons. The van der Waals surface area contributed by atoms with Crippen LogP contribution in [0.2, 0.25) is 0 Å². The zero-order valence-electron chi connectivity index (χ0n) is 6.82. The number of carbonyl (C=O) groups excluding carboxylic acids is 1. The lowest BCUT2D eigenvalue weighted by molar-refractivity contribution is -0.144. The molecule has 1 aliphatic heterocycles. The molecule has 0 unspecified atom stereocenters. The van der Waals surface area contributed by atoms with Gasteiger partial charge in [0.1, 0.15) is 12.6 Å². The smallest absolute Gasteiger partial charge is 0.323 e. The van der Waals surface area contributed by atoms with Crippen molar-refractivity contribution in [1.82, 2.24) is 5.32 Å². The third kappa shape index (κ3) is 2.32. The van der Waals surface area contributed by atoms with E-state index < -0.39 is 6.10 Å². The second kappa shape index (κ2) is 4.23. The number of β-amino-alcohol motifs (C(OH)–C–C–N with tert-alkyl or cyclic N) is 1. The maximum Gasteiger partial charge on any atom is 0.323 e. The van der Waals surface area contributed by atoms with Crippen LogP contribution < -0.4 is 5.32 Å². The quantitative estimate of drug-likeness (QED) is 0.441. The minimum absolute atomic E-state index is 0.229. The summed E-state index contributed by atoms with van der Waals surface area (Å²) in [4.78, 5) is 11.1. The van der Waals surface area contributed by atoms with E-state index in [1.807, 2.05) is 0 Å². The maximum atomic E-state index is 11.1. The van der Waals surface area contributed by atoms with E-state index in [-0.39, 0.29) is 18.6 Å². The van der Waals surface area contributed by atoms with Crippen molar-refractivity contribution in [2.75, 3.05) is 13.2 Å². The Bertz CT molecular complexity index is 181. The third-order valence-electron chi connectivity index (χ3n) is 1.74. The first-order valence-electron chi connectivity index (χ1n) is 3.93. The predicted octanol–water partition coefficient (Wildman–Crippen LogP) is -0.562. The molecule has 0 aromatic heterocycles. The fraction of sp³-hybridized carbons (Fsp3) is 0.625. The van der Waals surface area contributed by atoms with Crippen LogP contribution in [0.1, 0.15) is 6.42 Å². The molecule has 68 valence electrons. The zero-order valence-corrected chi connectivity index (χ0v) is 6.82. The molecule has 1 fully saturated rings. The van der Waals surface area contributed by atoms with Gasteiger partial charge in [0.25, 0.3) is 0 Å². The third-order valence-corrected chi connectivity index (χ3v) is 1.74. The second-order valence-corrected chi connectivity index (χ2v) is 2.77. The van der Waals surface area contributed by atoms with Crippen molar-refractivity contribution in [3.8, 4) is 0 Å². The molecule has 0 aliphatic carbocycles. The summed E-state index contributed by atoms with van der Waals surface area (Å²) in [7, 11) is 0. The average Bonchev–Trinajstić information content (AvgIpc) is 2.47. The van der Waals surface area contributed by atoms with Crippen molar-refractivity contribution >= 4 is 5.97 Å². The highest BCUT2D eigenvalue weighted by Crippen LogP contribution is 2.07. The number of aliphatic hydroxyl groups excluding tert-OH is 1. The normalized spacial score (nSPS) is 28.4. The molecule has 1 heterocycles. The summed E-state index contributed by atoms with van der Waals surface area (Å²) >= 11 is 0. The van der Waals surface area contributed by atoms with Gasteiger partial charge in [0, 0.05) is 13.0 Å². The van der Waals surface area contributed by atoms with E-state index in [1.165, 1.54) is 6.08 Å². The van der Waals surface area contributed by atoms with Gasteiger partial charge in [-0.25, -0.2) is 0 Å². The molecule has 4 nitrogen and oxygen atoms in total. The Kier molecular flexibility index (Phi) is 3.25. The molecule has 0 aromatic carbocycles. The lowest BCUT2D eigenvalue weighted by Crippen LogP contribution is -2.32. The van der Waals surface area contributed by atoms with Crippen LogP contribution in [0, 0.1) is 0 Å². The Morgan fingerprint density at radius 1 is 1.83 bits per heavy atom. The molecule has 0 amide bonds. The first-order chi connectivity index (χ1) is 5.74. The number of rotatable bonds is 3. The monoisotopic (exact) mass is 171 g/mol. The molecule has 0 bridgehead atoms. The number of nitrogens with one attached hydrogen (secondary N) is 1. The summed E-state index contributed by atoms with van der Waals surface area (Å²) in [5.41, 5.74) is 0. The van der Waals surface area contributed by atoms with E-state index in [0.29, 0.717) is 13.0 Å². The van der Waals surface area contributed by atoms with Crippen LogP contribution in [0.15, 0.2) is 12.7 Å². The molecule has 0 spiro atoms. The summed E-state index contributed by atoms with van der Waals surface area (Å²) < 4.78 is 4.79. The molecule has 1 aliphatic rings. The molecule has 2 N–H and O–H groups in total. The van der Waals surface area contributed by atoms with Gasteiger partial charge in [-0.2, -0.15) is 0 Å².